The van der Waals surface area contributed by atoms with Crippen LogP contribution in [0.5, 0.6) is 0 Å². The number of alkyl halides is 3. The van der Waals surface area contributed by atoms with Gasteiger partial charge in [0.1, 0.15) is 23.7 Å². The van der Waals surface area contributed by atoms with Gasteiger partial charge in [0, 0.05) is 11.8 Å². The molecule has 6 nitrogen and oxygen atoms in total. The standard InChI is InChI=1S/C22H13F5N4O2/c23-15-8-13(7-14(10-15)22(25,26)27)20-19(17-5-6-28-11-29-17)21(33-31-20)30-18(32)9-12-3-1-2-4-16(12)24/h1-8,10-11H,9H2,(H,30,32). The molecular formula is C22H13F5N4O2. The molecule has 0 spiro atoms. The monoisotopic (exact) mass is 460 g/mol. The van der Waals surface area contributed by atoms with Crippen LogP contribution in [0.15, 0.2) is 65.6 Å². The van der Waals surface area contributed by atoms with E-state index in [1.54, 1.807) is 6.07 Å². The lowest BCUT2D eigenvalue weighted by molar-refractivity contribution is -0.137. The third kappa shape index (κ3) is 4.86. The summed E-state index contributed by atoms with van der Waals surface area (Å²) in [6.07, 6.45) is -2.61. The fourth-order valence-corrected chi connectivity index (χ4v) is 3.12. The lowest BCUT2D eigenvalue weighted by atomic mass is 10.0. The van der Waals surface area contributed by atoms with Gasteiger partial charge in [0.05, 0.1) is 23.2 Å². The van der Waals surface area contributed by atoms with Crippen LogP contribution < -0.4 is 5.32 Å². The van der Waals surface area contributed by atoms with Gasteiger partial charge in [0.15, 0.2) is 0 Å². The fourth-order valence-electron chi connectivity index (χ4n) is 3.12. The number of anilines is 1. The van der Waals surface area contributed by atoms with Crippen LogP contribution in [-0.2, 0) is 17.4 Å². The number of carbonyl (C=O) groups is 1. The minimum absolute atomic E-state index is 0.0120. The molecule has 0 aliphatic rings. The Morgan fingerprint density at radius 3 is 2.55 bits per heavy atom. The van der Waals surface area contributed by atoms with Crippen molar-refractivity contribution in [3.8, 4) is 22.5 Å². The van der Waals surface area contributed by atoms with E-state index in [4.69, 9.17) is 4.52 Å². The Morgan fingerprint density at radius 1 is 1.06 bits per heavy atom. The maximum absolute atomic E-state index is 14.0. The first-order valence-electron chi connectivity index (χ1n) is 9.40. The maximum Gasteiger partial charge on any atom is 0.416 e. The normalized spacial score (nSPS) is 11.4. The molecule has 0 radical (unpaired) electrons. The van der Waals surface area contributed by atoms with Gasteiger partial charge in [-0.2, -0.15) is 13.2 Å². The molecule has 168 valence electrons. The van der Waals surface area contributed by atoms with Gasteiger partial charge >= 0.3 is 6.18 Å². The van der Waals surface area contributed by atoms with E-state index in [-0.39, 0.29) is 40.4 Å². The Balaban J connectivity index is 1.76. The smallest absolute Gasteiger partial charge is 0.337 e. The van der Waals surface area contributed by atoms with Gasteiger partial charge in [-0.15, -0.1) is 0 Å². The predicted octanol–water partition coefficient (Wildman–Crippen LogP) is 5.28. The largest absolute Gasteiger partial charge is 0.416 e. The molecule has 0 aliphatic carbocycles. The van der Waals surface area contributed by atoms with Crippen molar-refractivity contribution in [2.24, 2.45) is 0 Å². The highest BCUT2D eigenvalue weighted by atomic mass is 19.4. The van der Waals surface area contributed by atoms with E-state index in [0.717, 1.165) is 6.07 Å². The molecule has 4 aromatic rings. The van der Waals surface area contributed by atoms with Crippen molar-refractivity contribution in [2.45, 2.75) is 12.6 Å². The molecule has 0 bridgehead atoms. The summed E-state index contributed by atoms with van der Waals surface area (Å²) in [4.78, 5) is 20.3. The van der Waals surface area contributed by atoms with Crippen LogP contribution in [0.25, 0.3) is 22.5 Å². The van der Waals surface area contributed by atoms with E-state index < -0.39 is 29.3 Å². The van der Waals surface area contributed by atoms with Crippen molar-refractivity contribution in [1.29, 1.82) is 0 Å². The molecule has 2 aromatic heterocycles. The van der Waals surface area contributed by atoms with Crippen LogP contribution >= 0.6 is 0 Å². The molecule has 33 heavy (non-hydrogen) atoms. The number of hydrogen-bond acceptors (Lipinski definition) is 5. The number of rotatable bonds is 5. The Morgan fingerprint density at radius 2 is 1.85 bits per heavy atom. The molecule has 11 heteroatoms. The van der Waals surface area contributed by atoms with Gasteiger partial charge in [0.25, 0.3) is 0 Å². The molecule has 2 heterocycles. The van der Waals surface area contributed by atoms with Gasteiger partial charge in [-0.25, -0.2) is 18.7 Å². The number of nitrogens with zero attached hydrogens (tertiary/aromatic N) is 3. The molecule has 1 N–H and O–H groups in total. The third-order valence-electron chi connectivity index (χ3n) is 4.59. The van der Waals surface area contributed by atoms with Gasteiger partial charge in [-0.1, -0.05) is 23.4 Å². The average Bonchev–Trinajstić information content (AvgIpc) is 3.18. The zero-order valence-corrected chi connectivity index (χ0v) is 16.5. The summed E-state index contributed by atoms with van der Waals surface area (Å²) in [6.45, 7) is 0. The van der Waals surface area contributed by atoms with E-state index in [9.17, 15) is 26.7 Å². The van der Waals surface area contributed by atoms with Gasteiger partial charge in [-0.3, -0.25) is 10.1 Å². The molecule has 0 aliphatic heterocycles. The second kappa shape index (κ2) is 8.77. The summed E-state index contributed by atoms with van der Waals surface area (Å²) in [7, 11) is 0. The van der Waals surface area contributed by atoms with Crippen LogP contribution in [0.3, 0.4) is 0 Å². The molecule has 0 atom stereocenters. The number of halogens is 5. The van der Waals surface area contributed by atoms with Crippen LogP contribution in [0, 0.1) is 11.6 Å². The minimum atomic E-state index is -4.80. The lowest BCUT2D eigenvalue weighted by Gasteiger charge is -2.09. The topological polar surface area (TPSA) is 80.9 Å². The molecule has 0 unspecified atom stereocenters. The van der Waals surface area contributed by atoms with Crippen molar-refractivity contribution >= 4 is 11.8 Å². The summed E-state index contributed by atoms with van der Waals surface area (Å²) in [5.74, 6) is -2.64. The average molecular weight is 460 g/mol. The minimum Gasteiger partial charge on any atom is -0.337 e. The van der Waals surface area contributed by atoms with Gasteiger partial charge in [-0.05, 0) is 35.9 Å². The van der Waals surface area contributed by atoms with Crippen molar-refractivity contribution < 1.29 is 31.3 Å². The Labute approximate surface area is 183 Å². The molecule has 0 fully saturated rings. The zero-order chi connectivity index (χ0) is 23.6. The summed E-state index contributed by atoms with van der Waals surface area (Å²) in [5.41, 5.74) is -1.36. The maximum atomic E-state index is 14.0. The number of hydrogen-bond donors (Lipinski definition) is 1. The Kier molecular flexibility index (Phi) is 5.86. The molecule has 4 rings (SSSR count). The lowest BCUT2D eigenvalue weighted by Crippen LogP contribution is -2.15. The number of amides is 1. The van der Waals surface area contributed by atoms with Crippen molar-refractivity contribution in [1.82, 2.24) is 15.1 Å². The van der Waals surface area contributed by atoms with E-state index in [1.165, 1.54) is 36.8 Å². The summed E-state index contributed by atoms with van der Waals surface area (Å²) >= 11 is 0. The molecule has 0 saturated carbocycles. The number of benzene rings is 2. The van der Waals surface area contributed by atoms with E-state index in [1.807, 2.05) is 0 Å². The van der Waals surface area contributed by atoms with Crippen molar-refractivity contribution in [3.63, 3.8) is 0 Å². The highest BCUT2D eigenvalue weighted by Gasteiger charge is 2.32. The Hall–Kier alpha value is -4.15. The molecule has 0 saturated heterocycles. The second-order valence-electron chi connectivity index (χ2n) is 6.87. The van der Waals surface area contributed by atoms with Crippen LogP contribution in [0.2, 0.25) is 0 Å². The highest BCUT2D eigenvalue weighted by Crippen LogP contribution is 2.39. The predicted molar refractivity (Wildman–Crippen MR) is 107 cm³/mol. The van der Waals surface area contributed by atoms with Crippen molar-refractivity contribution in [3.05, 3.63) is 83.8 Å². The SMILES string of the molecule is O=C(Cc1ccccc1F)Nc1onc(-c2cc(F)cc(C(F)(F)F)c2)c1-c1ccncn1. The van der Waals surface area contributed by atoms with E-state index >= 15 is 0 Å². The highest BCUT2D eigenvalue weighted by molar-refractivity contribution is 5.97. The first-order valence-corrected chi connectivity index (χ1v) is 9.40. The van der Waals surface area contributed by atoms with Gasteiger partial charge < -0.3 is 4.52 Å². The van der Waals surface area contributed by atoms with Crippen LogP contribution in [0.4, 0.5) is 27.8 Å². The van der Waals surface area contributed by atoms with E-state index in [2.05, 4.69) is 20.4 Å². The fraction of sp³-hybridized carbons (Fsp3) is 0.0909. The third-order valence-corrected chi connectivity index (χ3v) is 4.59. The molecule has 1 amide bonds. The van der Waals surface area contributed by atoms with Crippen LogP contribution in [-0.4, -0.2) is 21.0 Å². The summed E-state index contributed by atoms with van der Waals surface area (Å²) in [6, 6.07) is 8.98. The van der Waals surface area contributed by atoms with Crippen molar-refractivity contribution in [2.75, 3.05) is 5.32 Å². The zero-order valence-electron chi connectivity index (χ0n) is 16.5. The number of aromatic nitrogens is 3. The molecule has 2 aromatic carbocycles. The Bertz CT molecular complexity index is 1310. The quantitative estimate of drug-likeness (QED) is 0.410. The summed E-state index contributed by atoms with van der Waals surface area (Å²) < 4.78 is 72.6. The summed E-state index contributed by atoms with van der Waals surface area (Å²) in [5, 5.41) is 6.17. The molecular weight excluding hydrogens is 447 g/mol. The number of nitrogens with one attached hydrogen (secondary N) is 1. The van der Waals surface area contributed by atoms with Gasteiger partial charge in [0.2, 0.25) is 11.8 Å². The van der Waals surface area contributed by atoms with Crippen LogP contribution in [0.1, 0.15) is 11.1 Å². The second-order valence-corrected chi connectivity index (χ2v) is 6.87. The van der Waals surface area contributed by atoms with E-state index in [0.29, 0.717) is 12.1 Å². The first kappa shape index (κ1) is 22.1. The first-order chi connectivity index (χ1) is 15.7. The number of carbonyl (C=O) groups excluding carboxylic acids is 1.